The van der Waals surface area contributed by atoms with Gasteiger partial charge in [0.25, 0.3) is 0 Å². The lowest BCUT2D eigenvalue weighted by molar-refractivity contribution is 0.852. The second-order valence-electron chi connectivity index (χ2n) is 22.6. The van der Waals surface area contributed by atoms with E-state index in [1.165, 1.54) is 0 Å². The Labute approximate surface area is 329 Å². The van der Waals surface area contributed by atoms with Crippen LogP contribution in [0.1, 0.15) is 27.7 Å². The number of hydrogen-bond donors (Lipinski definition) is 0. The van der Waals surface area contributed by atoms with E-state index in [0.29, 0.717) is 5.92 Å². The van der Waals surface area contributed by atoms with Crippen LogP contribution in [-0.4, -0.2) is 56.5 Å². The molecule has 1 aliphatic carbocycles. The Bertz CT molecular complexity index is 1740. The molecule has 1 unspecified atom stereocenters. The first-order valence-corrected chi connectivity index (χ1v) is 43.1. The molecule has 0 saturated heterocycles. The molecule has 7 heteroatoms. The fourth-order valence-electron chi connectivity index (χ4n) is 8.77. The van der Waals surface area contributed by atoms with Gasteiger partial charge in [0.15, 0.2) is 8.07 Å². The summed E-state index contributed by atoms with van der Waals surface area (Å²) in [5, 5.41) is 17.1. The SMILES string of the molecule is CC1=C(C)C(C)C([Si](c2cc([Si](C)(C)C)ccc2[Si](C)(C)C)(c2cc([Si](C)(C)C)ccc2[Si](C)(C)C)c2cc([Si](C)(C)C)ccc2[Si](C)(C)C)=C1C. The van der Waals surface area contributed by atoms with Crippen molar-refractivity contribution in [2.75, 3.05) is 0 Å². The lowest BCUT2D eigenvalue weighted by atomic mass is 10.1. The van der Waals surface area contributed by atoms with Crippen LogP contribution in [0.15, 0.2) is 76.5 Å². The number of hydrogen-bond acceptors (Lipinski definition) is 0. The van der Waals surface area contributed by atoms with Crippen molar-refractivity contribution in [3.8, 4) is 0 Å². The van der Waals surface area contributed by atoms with Crippen molar-refractivity contribution in [1.29, 1.82) is 0 Å². The average molecular weight is 814 g/mol. The zero-order valence-electron chi connectivity index (χ0n) is 37.8. The van der Waals surface area contributed by atoms with E-state index in [1.807, 2.05) is 0 Å². The van der Waals surface area contributed by atoms with Crippen molar-refractivity contribution < 1.29 is 0 Å². The summed E-state index contributed by atoms with van der Waals surface area (Å²) in [6, 6.07) is 24.3. The minimum absolute atomic E-state index is 0.409. The largest absolute Gasteiger partial charge is 0.176 e. The van der Waals surface area contributed by atoms with Gasteiger partial charge < -0.3 is 0 Å². The first-order valence-electron chi connectivity index (χ1n) is 20.1. The quantitative estimate of drug-likeness (QED) is 0.143. The average Bonchev–Trinajstić information content (AvgIpc) is 3.17. The van der Waals surface area contributed by atoms with Crippen molar-refractivity contribution in [3.63, 3.8) is 0 Å². The van der Waals surface area contributed by atoms with Crippen LogP contribution < -0.4 is 46.7 Å². The molecule has 0 fully saturated rings. The van der Waals surface area contributed by atoms with E-state index in [2.05, 4.69) is 200 Å². The third kappa shape index (κ3) is 7.98. The van der Waals surface area contributed by atoms with Crippen LogP contribution in [0.2, 0.25) is 118 Å². The monoisotopic (exact) mass is 812 g/mol. The molecule has 4 rings (SSSR count). The molecule has 0 saturated carbocycles. The van der Waals surface area contributed by atoms with Crippen LogP contribution in [0.3, 0.4) is 0 Å². The topological polar surface area (TPSA) is 0 Å². The first kappa shape index (κ1) is 43.4. The maximum Gasteiger partial charge on any atom is 0.176 e. The molecule has 0 heterocycles. The predicted molar refractivity (Wildman–Crippen MR) is 262 cm³/mol. The van der Waals surface area contributed by atoms with Gasteiger partial charge in [-0.25, -0.2) is 0 Å². The standard InChI is InChI=1S/C45H76Si7/c1-32-33(2)35(4)45(34(32)3)52(42-29-36(46(5,6)7)23-26-39(42)49(14,15)16,43-30-37(47(8,9)10)24-27-40(43)50(17,18)19)44-31-38(48(11,12)13)25-28-41(44)51(20,21)22/h23-31,34H,1-22H3. The summed E-state index contributed by atoms with van der Waals surface area (Å²) in [6.07, 6.45) is 0. The van der Waals surface area contributed by atoms with Crippen molar-refractivity contribution in [2.24, 2.45) is 5.92 Å². The lowest BCUT2D eigenvalue weighted by Crippen LogP contribution is -2.82. The van der Waals surface area contributed by atoms with Crippen LogP contribution in [0.5, 0.6) is 0 Å². The molecule has 0 aliphatic heterocycles. The van der Waals surface area contributed by atoms with E-state index in [0.717, 1.165) is 0 Å². The lowest BCUT2D eigenvalue weighted by Gasteiger charge is -2.46. The van der Waals surface area contributed by atoms with Gasteiger partial charge in [-0.3, -0.25) is 0 Å². The normalized spacial score (nSPS) is 17.1. The molecule has 0 radical (unpaired) electrons. The van der Waals surface area contributed by atoms with Crippen LogP contribution in [0.25, 0.3) is 0 Å². The minimum atomic E-state index is -2.99. The molecule has 52 heavy (non-hydrogen) atoms. The molecule has 0 spiro atoms. The molecule has 0 nitrogen and oxygen atoms in total. The van der Waals surface area contributed by atoms with E-state index in [9.17, 15) is 0 Å². The number of benzene rings is 3. The molecule has 1 aliphatic rings. The maximum atomic E-state index is 2.87. The Morgan fingerprint density at radius 3 is 0.808 bits per heavy atom. The van der Waals surface area contributed by atoms with E-state index in [-0.39, 0.29) is 0 Å². The summed E-state index contributed by atoms with van der Waals surface area (Å²) in [7, 11) is -13.5. The summed E-state index contributed by atoms with van der Waals surface area (Å²) in [4.78, 5) is 0. The smallest absolute Gasteiger partial charge is 0.0656 e. The molecular formula is C45H76Si7. The Kier molecular flexibility index (Phi) is 11.7. The van der Waals surface area contributed by atoms with Crippen LogP contribution >= 0.6 is 0 Å². The third-order valence-electron chi connectivity index (χ3n) is 12.3. The van der Waals surface area contributed by atoms with Gasteiger partial charge in [-0.2, -0.15) is 0 Å². The highest BCUT2D eigenvalue weighted by atomic mass is 28.3. The molecular weight excluding hydrogens is 737 g/mol. The van der Waals surface area contributed by atoms with Gasteiger partial charge in [-0.15, -0.1) is 0 Å². The Hall–Kier alpha value is -1.34. The molecule has 0 N–H and O–H groups in total. The molecule has 3 aromatic rings. The summed E-state index contributed by atoms with van der Waals surface area (Å²) < 4.78 is 0. The Balaban J connectivity index is 2.64. The summed E-state index contributed by atoms with van der Waals surface area (Å²) in [5.41, 5.74) is 4.73. The van der Waals surface area contributed by atoms with Gasteiger partial charge in [-0.1, -0.05) is 227 Å². The van der Waals surface area contributed by atoms with Crippen molar-refractivity contribution in [3.05, 3.63) is 76.5 Å². The molecule has 0 bridgehead atoms. The first-order chi connectivity index (χ1) is 23.3. The zero-order valence-corrected chi connectivity index (χ0v) is 44.8. The van der Waals surface area contributed by atoms with Crippen molar-refractivity contribution >= 4 is 103 Å². The maximum absolute atomic E-state index is 2.99. The highest BCUT2D eigenvalue weighted by Crippen LogP contribution is 2.41. The van der Waals surface area contributed by atoms with Crippen molar-refractivity contribution in [1.82, 2.24) is 0 Å². The summed E-state index contributed by atoms with van der Waals surface area (Å²) in [5.74, 6) is 0.409. The third-order valence-corrected chi connectivity index (χ3v) is 30.7. The zero-order chi connectivity index (χ0) is 39.9. The highest BCUT2D eigenvalue weighted by molar-refractivity contribution is 7.23. The molecule has 1 atom stereocenters. The van der Waals surface area contributed by atoms with Crippen LogP contribution in [-0.2, 0) is 0 Å². The van der Waals surface area contributed by atoms with Crippen LogP contribution in [0, 0.1) is 5.92 Å². The summed E-state index contributed by atoms with van der Waals surface area (Å²) >= 11 is 0. The second kappa shape index (κ2) is 14.0. The summed E-state index contributed by atoms with van der Waals surface area (Å²) in [6.45, 7) is 56.8. The predicted octanol–water partition coefficient (Wildman–Crippen LogP) is 8.27. The molecule has 3 aromatic carbocycles. The number of allylic oxidation sites excluding steroid dienone is 4. The second-order valence-corrected chi connectivity index (χ2v) is 56.6. The van der Waals surface area contributed by atoms with Gasteiger partial charge in [0.05, 0.1) is 48.4 Å². The molecule has 0 amide bonds. The highest BCUT2D eigenvalue weighted by Gasteiger charge is 2.54. The fraction of sp³-hybridized carbons (Fsp3) is 0.511. The van der Waals surface area contributed by atoms with Crippen molar-refractivity contribution in [2.45, 2.75) is 146 Å². The number of rotatable bonds is 10. The van der Waals surface area contributed by atoms with Crippen LogP contribution in [0.4, 0.5) is 0 Å². The van der Waals surface area contributed by atoms with Gasteiger partial charge in [0.2, 0.25) is 0 Å². The molecule has 0 aromatic heterocycles. The van der Waals surface area contributed by atoms with Gasteiger partial charge in [-0.05, 0) is 47.8 Å². The van der Waals surface area contributed by atoms with Gasteiger partial charge >= 0.3 is 0 Å². The Morgan fingerprint density at radius 1 is 0.346 bits per heavy atom. The van der Waals surface area contributed by atoms with Gasteiger partial charge in [0.1, 0.15) is 0 Å². The van der Waals surface area contributed by atoms with Gasteiger partial charge in [0, 0.05) is 0 Å². The van der Waals surface area contributed by atoms with E-state index in [1.54, 1.807) is 68.6 Å². The fourth-order valence-corrected chi connectivity index (χ4v) is 28.1. The van der Waals surface area contributed by atoms with E-state index in [4.69, 9.17) is 0 Å². The van der Waals surface area contributed by atoms with E-state index >= 15 is 0 Å². The Morgan fingerprint density at radius 2 is 0.615 bits per heavy atom. The minimum Gasteiger partial charge on any atom is -0.0656 e. The van der Waals surface area contributed by atoms with E-state index < -0.39 is 56.5 Å². The molecule has 284 valence electrons.